The Hall–Kier alpha value is -1.39. The second-order valence-electron chi connectivity index (χ2n) is 9.16. The van der Waals surface area contributed by atoms with Crippen molar-refractivity contribution in [2.45, 2.75) is 57.7 Å². The molecule has 1 aliphatic heterocycles. The summed E-state index contributed by atoms with van der Waals surface area (Å²) in [5.74, 6) is 1.39. The maximum Gasteiger partial charge on any atom is 0.169 e. The van der Waals surface area contributed by atoms with Gasteiger partial charge >= 0.3 is 0 Å². The number of aryl methyl sites for hydroxylation is 1. The molecule has 5 rings (SSSR count). The Morgan fingerprint density at radius 1 is 1.12 bits per heavy atom. The van der Waals surface area contributed by atoms with Gasteiger partial charge in [0.2, 0.25) is 0 Å². The van der Waals surface area contributed by atoms with Gasteiger partial charge in [0.25, 0.3) is 0 Å². The quantitative estimate of drug-likeness (QED) is 0.831. The van der Waals surface area contributed by atoms with Crippen molar-refractivity contribution in [1.29, 1.82) is 0 Å². The molecule has 4 heteroatoms. The zero-order chi connectivity index (χ0) is 18.1. The smallest absolute Gasteiger partial charge is 0.169 e. The topological polar surface area (TPSA) is 55.8 Å². The Morgan fingerprint density at radius 2 is 1.88 bits per heavy atom. The lowest BCUT2D eigenvalue weighted by molar-refractivity contribution is -0.210. The average Bonchev–Trinajstić information content (AvgIpc) is 3.18. The number of benzene rings is 1. The number of carbonyl (C=O) groups excluding carboxylic acids is 1. The molecular formula is C22H28O4. The van der Waals surface area contributed by atoms with E-state index in [-0.39, 0.29) is 17.3 Å². The van der Waals surface area contributed by atoms with Gasteiger partial charge in [0.1, 0.15) is 11.5 Å². The molecule has 1 aromatic carbocycles. The Labute approximate surface area is 154 Å². The predicted molar refractivity (Wildman–Crippen MR) is 96.9 cm³/mol. The molecule has 0 amide bonds. The fourth-order valence-electron chi connectivity index (χ4n) is 6.98. The van der Waals surface area contributed by atoms with Crippen LogP contribution in [0.5, 0.6) is 5.75 Å². The lowest BCUT2D eigenvalue weighted by atomic mass is 9.53. The summed E-state index contributed by atoms with van der Waals surface area (Å²) < 4.78 is 12.0. The van der Waals surface area contributed by atoms with Crippen LogP contribution in [0.3, 0.4) is 0 Å². The minimum absolute atomic E-state index is 0.00870. The fraction of sp³-hybridized carbons (Fsp3) is 0.682. The van der Waals surface area contributed by atoms with Gasteiger partial charge in [-0.1, -0.05) is 13.0 Å². The van der Waals surface area contributed by atoms with Crippen LogP contribution in [0.25, 0.3) is 0 Å². The number of hydrogen-bond donors (Lipinski definition) is 1. The van der Waals surface area contributed by atoms with Crippen molar-refractivity contribution >= 4 is 5.78 Å². The summed E-state index contributed by atoms with van der Waals surface area (Å²) >= 11 is 0. The molecule has 3 fully saturated rings. The third-order valence-corrected chi connectivity index (χ3v) is 7.96. The van der Waals surface area contributed by atoms with Crippen LogP contribution >= 0.6 is 0 Å². The number of ether oxygens (including phenoxy) is 2. The molecule has 5 atom stereocenters. The number of hydrogen-bond acceptors (Lipinski definition) is 4. The van der Waals surface area contributed by atoms with Crippen LogP contribution in [-0.2, 0) is 20.7 Å². The molecule has 1 saturated heterocycles. The van der Waals surface area contributed by atoms with E-state index in [9.17, 15) is 9.90 Å². The summed E-state index contributed by atoms with van der Waals surface area (Å²) in [7, 11) is 0. The minimum Gasteiger partial charge on any atom is -0.508 e. The molecule has 4 aliphatic rings. The van der Waals surface area contributed by atoms with Gasteiger partial charge in [0.05, 0.1) is 13.2 Å². The summed E-state index contributed by atoms with van der Waals surface area (Å²) in [5.41, 5.74) is 2.28. The van der Waals surface area contributed by atoms with Crippen LogP contribution in [0.4, 0.5) is 0 Å². The first-order valence-electron chi connectivity index (χ1n) is 10.0. The Bertz CT molecular complexity index is 751. The lowest BCUT2D eigenvalue weighted by Crippen LogP contribution is -2.52. The number of phenols is 1. The lowest BCUT2D eigenvalue weighted by Gasteiger charge is -2.52. The number of aromatic hydroxyl groups is 1. The van der Waals surface area contributed by atoms with E-state index in [2.05, 4.69) is 13.8 Å². The van der Waals surface area contributed by atoms with E-state index in [0.29, 0.717) is 43.0 Å². The van der Waals surface area contributed by atoms with Gasteiger partial charge in [-0.15, -0.1) is 0 Å². The van der Waals surface area contributed by atoms with Crippen molar-refractivity contribution in [2.24, 2.45) is 23.2 Å². The number of rotatable bonds is 1. The van der Waals surface area contributed by atoms with Crippen LogP contribution in [0, 0.1) is 23.2 Å². The number of carbonyl (C=O) groups is 1. The molecule has 26 heavy (non-hydrogen) atoms. The van der Waals surface area contributed by atoms with Gasteiger partial charge in [-0.05, 0) is 73.1 Å². The Balaban J connectivity index is 1.52. The van der Waals surface area contributed by atoms with Crippen molar-refractivity contribution in [3.8, 4) is 5.75 Å². The van der Waals surface area contributed by atoms with Crippen LogP contribution in [-0.4, -0.2) is 29.9 Å². The zero-order valence-corrected chi connectivity index (χ0v) is 15.7. The Kier molecular flexibility index (Phi) is 3.58. The molecule has 1 heterocycles. The molecule has 2 saturated carbocycles. The average molecular weight is 356 g/mol. The molecule has 1 N–H and O–H groups in total. The fourth-order valence-corrected chi connectivity index (χ4v) is 6.98. The normalized spacial score (nSPS) is 40.8. The van der Waals surface area contributed by atoms with Gasteiger partial charge in [-0.2, -0.15) is 0 Å². The molecular weight excluding hydrogens is 328 g/mol. The van der Waals surface area contributed by atoms with Crippen molar-refractivity contribution in [3.63, 3.8) is 0 Å². The standard InChI is InChI=1S/C22H28O4/c1-21-12-18(24)20-15-6-4-14(23)11-13(15)3-5-16(20)17(21)7-8-19(21)22(2)25-9-10-26-22/h4,6,11,16-17,19-20,23H,3,5,7-10,12H2,1-2H3/t16?,17?,19?,20?,21-/m0/s1. The molecule has 0 spiro atoms. The second kappa shape index (κ2) is 5.56. The van der Waals surface area contributed by atoms with Crippen LogP contribution in [0.2, 0.25) is 0 Å². The SMILES string of the molecule is CC1(C2CCC3C4CCc5cc(O)ccc5C4C(=O)C[C@@]32C)OCCO1. The number of Topliss-reactive ketones (excluding diaryl/α,β-unsaturated/α-hetero) is 1. The highest BCUT2D eigenvalue weighted by molar-refractivity contribution is 5.88. The zero-order valence-electron chi connectivity index (χ0n) is 15.7. The van der Waals surface area contributed by atoms with E-state index in [1.54, 1.807) is 6.07 Å². The highest BCUT2D eigenvalue weighted by atomic mass is 16.7. The molecule has 4 nitrogen and oxygen atoms in total. The van der Waals surface area contributed by atoms with Crippen LogP contribution in [0.15, 0.2) is 18.2 Å². The van der Waals surface area contributed by atoms with E-state index < -0.39 is 5.79 Å². The minimum atomic E-state index is -0.533. The molecule has 140 valence electrons. The molecule has 4 unspecified atom stereocenters. The van der Waals surface area contributed by atoms with E-state index in [1.165, 1.54) is 0 Å². The predicted octanol–water partition coefficient (Wildman–Crippen LogP) is 3.81. The summed E-state index contributed by atoms with van der Waals surface area (Å²) in [5, 5.41) is 9.81. The summed E-state index contributed by atoms with van der Waals surface area (Å²) in [6.45, 7) is 5.70. The number of fused-ring (bicyclic) bond motifs is 5. The van der Waals surface area contributed by atoms with Gasteiger partial charge in [0, 0.05) is 18.3 Å². The first-order valence-corrected chi connectivity index (χ1v) is 10.0. The number of phenolic OH excluding ortho intramolecular Hbond substituents is 1. The molecule has 3 aliphatic carbocycles. The van der Waals surface area contributed by atoms with E-state index >= 15 is 0 Å². The first-order chi connectivity index (χ1) is 12.4. The van der Waals surface area contributed by atoms with Crippen LogP contribution < -0.4 is 0 Å². The van der Waals surface area contributed by atoms with Gasteiger partial charge in [-0.25, -0.2) is 0 Å². The van der Waals surface area contributed by atoms with Crippen molar-refractivity contribution in [2.75, 3.05) is 13.2 Å². The molecule has 0 bridgehead atoms. The second-order valence-corrected chi connectivity index (χ2v) is 9.16. The van der Waals surface area contributed by atoms with E-state index in [4.69, 9.17) is 9.47 Å². The van der Waals surface area contributed by atoms with E-state index in [1.807, 2.05) is 12.1 Å². The first kappa shape index (κ1) is 16.8. The van der Waals surface area contributed by atoms with Crippen molar-refractivity contribution < 1.29 is 19.4 Å². The van der Waals surface area contributed by atoms with Gasteiger partial charge in [-0.3, -0.25) is 4.79 Å². The largest absolute Gasteiger partial charge is 0.508 e. The summed E-state index contributed by atoms with van der Waals surface area (Å²) in [6, 6.07) is 5.57. The van der Waals surface area contributed by atoms with E-state index in [0.717, 1.165) is 36.8 Å². The highest BCUT2D eigenvalue weighted by Crippen LogP contribution is 2.64. The third-order valence-electron chi connectivity index (χ3n) is 7.96. The highest BCUT2D eigenvalue weighted by Gasteiger charge is 2.62. The van der Waals surface area contributed by atoms with Crippen molar-refractivity contribution in [1.82, 2.24) is 0 Å². The molecule has 0 aromatic heterocycles. The van der Waals surface area contributed by atoms with Gasteiger partial charge < -0.3 is 14.6 Å². The maximum atomic E-state index is 13.3. The third kappa shape index (κ3) is 2.18. The van der Waals surface area contributed by atoms with Crippen molar-refractivity contribution in [3.05, 3.63) is 29.3 Å². The van der Waals surface area contributed by atoms with Crippen LogP contribution in [0.1, 0.15) is 56.6 Å². The summed E-state index contributed by atoms with van der Waals surface area (Å²) in [4.78, 5) is 13.3. The van der Waals surface area contributed by atoms with Gasteiger partial charge in [0.15, 0.2) is 5.79 Å². The Morgan fingerprint density at radius 3 is 2.65 bits per heavy atom. The maximum absolute atomic E-state index is 13.3. The summed E-state index contributed by atoms with van der Waals surface area (Å²) in [6.07, 6.45) is 4.85. The molecule has 0 radical (unpaired) electrons. The monoisotopic (exact) mass is 356 g/mol. The molecule has 1 aromatic rings. The number of ketones is 1.